The van der Waals surface area contributed by atoms with Crippen LogP contribution in [-0.2, 0) is 0 Å². The third-order valence-electron chi connectivity index (χ3n) is 1.55. The van der Waals surface area contributed by atoms with Crippen LogP contribution < -0.4 is 4.74 Å². The van der Waals surface area contributed by atoms with Gasteiger partial charge in [0.25, 0.3) is 0 Å². The summed E-state index contributed by atoms with van der Waals surface area (Å²) in [5.41, 5.74) is 0. The number of benzene rings is 1. The predicted octanol–water partition coefficient (Wildman–Crippen LogP) is 4.57. The van der Waals surface area contributed by atoms with Crippen molar-refractivity contribution in [2.75, 3.05) is 6.61 Å². The molecule has 0 saturated heterocycles. The molecule has 6 heteroatoms. The summed E-state index contributed by atoms with van der Waals surface area (Å²) in [6.45, 7) is 3.68. The van der Waals surface area contributed by atoms with Gasteiger partial charge < -0.3 is 9.84 Å². The van der Waals surface area contributed by atoms with E-state index in [1.165, 1.54) is 6.08 Å². The van der Waals surface area contributed by atoms with Gasteiger partial charge >= 0.3 is 0 Å². The molecule has 1 aromatic carbocycles. The number of halogens is 4. The molecule has 0 aliphatic heterocycles. The Hall–Kier alpha value is -0.280. The highest BCUT2D eigenvalue weighted by atomic mass is 35.5. The van der Waals surface area contributed by atoms with Gasteiger partial charge in [0.05, 0.1) is 0 Å². The number of rotatable bonds is 3. The molecule has 82 valence electrons. The quantitative estimate of drug-likeness (QED) is 0.652. The fourth-order valence-corrected chi connectivity index (χ4v) is 1.80. The van der Waals surface area contributed by atoms with Crippen molar-refractivity contribution >= 4 is 46.4 Å². The van der Waals surface area contributed by atoms with Gasteiger partial charge in [-0.25, -0.2) is 0 Å². The summed E-state index contributed by atoms with van der Waals surface area (Å²) in [5.74, 6) is -0.231. The van der Waals surface area contributed by atoms with E-state index in [0.717, 1.165) is 0 Å². The summed E-state index contributed by atoms with van der Waals surface area (Å²) in [5, 5.41) is 9.26. The van der Waals surface area contributed by atoms with E-state index in [9.17, 15) is 5.11 Å². The maximum Gasteiger partial charge on any atom is 0.160 e. The van der Waals surface area contributed by atoms with Crippen LogP contribution in [0.4, 0.5) is 0 Å². The molecule has 1 N–H and O–H groups in total. The molecule has 0 saturated carbocycles. The van der Waals surface area contributed by atoms with Gasteiger partial charge in [-0.15, -0.1) is 0 Å². The summed E-state index contributed by atoms with van der Waals surface area (Å²) in [6.07, 6.45) is 1.52. The molecule has 2 nitrogen and oxygen atoms in total. The Morgan fingerprint density at radius 2 is 1.53 bits per heavy atom. The standard InChI is InChI=1S/C9H6Cl4O2/c1-2-3-15-9-6(12)4(10)8(14)5(11)7(9)13/h2,14H,1,3H2. The van der Waals surface area contributed by atoms with Crippen molar-refractivity contribution in [1.29, 1.82) is 0 Å². The van der Waals surface area contributed by atoms with E-state index in [2.05, 4.69) is 6.58 Å². The molecular formula is C9H6Cl4O2. The Morgan fingerprint density at radius 3 is 1.93 bits per heavy atom. The highest BCUT2D eigenvalue weighted by molar-refractivity contribution is 6.50. The van der Waals surface area contributed by atoms with Crippen molar-refractivity contribution in [2.45, 2.75) is 0 Å². The number of hydrogen-bond acceptors (Lipinski definition) is 2. The fourth-order valence-electron chi connectivity index (χ4n) is 0.869. The van der Waals surface area contributed by atoms with Gasteiger partial charge in [0, 0.05) is 0 Å². The monoisotopic (exact) mass is 286 g/mol. The maximum absolute atomic E-state index is 9.41. The largest absolute Gasteiger partial charge is 0.505 e. The topological polar surface area (TPSA) is 29.5 Å². The van der Waals surface area contributed by atoms with Crippen molar-refractivity contribution in [2.24, 2.45) is 0 Å². The normalized spacial score (nSPS) is 10.1. The highest BCUT2D eigenvalue weighted by Gasteiger charge is 2.20. The number of ether oxygens (including phenoxy) is 1. The third kappa shape index (κ3) is 2.45. The first-order valence-corrected chi connectivity index (χ1v) is 5.30. The average Bonchev–Trinajstić information content (AvgIpc) is 2.24. The van der Waals surface area contributed by atoms with Gasteiger partial charge in [-0.3, -0.25) is 0 Å². The van der Waals surface area contributed by atoms with Crippen molar-refractivity contribution in [3.05, 3.63) is 32.7 Å². The van der Waals surface area contributed by atoms with Crippen molar-refractivity contribution in [1.82, 2.24) is 0 Å². The maximum atomic E-state index is 9.41. The summed E-state index contributed by atoms with van der Waals surface area (Å²) in [6, 6.07) is 0. The van der Waals surface area contributed by atoms with Crippen LogP contribution in [0.2, 0.25) is 20.1 Å². The zero-order chi connectivity index (χ0) is 11.6. The van der Waals surface area contributed by atoms with E-state index < -0.39 is 0 Å². The zero-order valence-electron chi connectivity index (χ0n) is 7.36. The SMILES string of the molecule is C=CCOc1c(Cl)c(Cl)c(O)c(Cl)c1Cl. The van der Waals surface area contributed by atoms with Gasteiger partial charge in [0.15, 0.2) is 11.5 Å². The molecule has 0 aliphatic rings. The van der Waals surface area contributed by atoms with Crippen molar-refractivity contribution < 1.29 is 9.84 Å². The zero-order valence-corrected chi connectivity index (χ0v) is 10.4. The molecule has 0 fully saturated rings. The van der Waals surface area contributed by atoms with Crippen LogP contribution in [0.15, 0.2) is 12.7 Å². The molecule has 0 aromatic heterocycles. The Bertz CT molecular complexity index is 375. The van der Waals surface area contributed by atoms with Gasteiger partial charge in [-0.1, -0.05) is 59.1 Å². The van der Waals surface area contributed by atoms with Crippen molar-refractivity contribution in [3.8, 4) is 11.5 Å². The van der Waals surface area contributed by atoms with Crippen LogP contribution >= 0.6 is 46.4 Å². The first kappa shape index (κ1) is 12.8. The minimum atomic E-state index is -0.362. The van der Waals surface area contributed by atoms with E-state index in [4.69, 9.17) is 51.1 Å². The van der Waals surface area contributed by atoms with Gasteiger partial charge in [0.1, 0.15) is 26.7 Å². The molecule has 0 unspecified atom stereocenters. The van der Waals surface area contributed by atoms with Crippen LogP contribution in [0, 0.1) is 0 Å². The second kappa shape index (κ2) is 5.17. The predicted molar refractivity (Wildman–Crippen MR) is 63.8 cm³/mol. The molecule has 0 spiro atoms. The molecule has 0 bridgehead atoms. The minimum absolute atomic E-state index is 0.0189. The number of phenolic OH excluding ortho intramolecular Hbond substituents is 1. The van der Waals surface area contributed by atoms with E-state index in [1.807, 2.05) is 0 Å². The summed E-state index contributed by atoms with van der Waals surface area (Å²) >= 11 is 23.1. The number of aromatic hydroxyl groups is 1. The van der Waals surface area contributed by atoms with Crippen molar-refractivity contribution in [3.63, 3.8) is 0 Å². The number of hydrogen-bond donors (Lipinski definition) is 1. The van der Waals surface area contributed by atoms with E-state index in [-0.39, 0.29) is 38.2 Å². The lowest BCUT2D eigenvalue weighted by atomic mass is 10.3. The summed E-state index contributed by atoms with van der Waals surface area (Å²) in [7, 11) is 0. The second-order valence-electron chi connectivity index (χ2n) is 2.53. The number of phenols is 1. The van der Waals surface area contributed by atoms with E-state index >= 15 is 0 Å². The van der Waals surface area contributed by atoms with Crippen LogP contribution in [0.25, 0.3) is 0 Å². The lowest BCUT2D eigenvalue weighted by Gasteiger charge is -2.12. The summed E-state index contributed by atoms with van der Waals surface area (Å²) in [4.78, 5) is 0. The first-order valence-electron chi connectivity index (χ1n) is 3.79. The Balaban J connectivity index is 3.31. The molecule has 0 atom stereocenters. The summed E-state index contributed by atoms with van der Waals surface area (Å²) < 4.78 is 5.17. The Kier molecular flexibility index (Phi) is 4.41. The smallest absolute Gasteiger partial charge is 0.160 e. The first-order chi connectivity index (χ1) is 7.00. The molecule has 1 aromatic rings. The minimum Gasteiger partial charge on any atom is -0.505 e. The van der Waals surface area contributed by atoms with Crippen LogP contribution in [0.3, 0.4) is 0 Å². The molecular weight excluding hydrogens is 282 g/mol. The van der Waals surface area contributed by atoms with Crippen LogP contribution in [0.1, 0.15) is 0 Å². The molecule has 15 heavy (non-hydrogen) atoms. The van der Waals surface area contributed by atoms with Crippen LogP contribution in [-0.4, -0.2) is 11.7 Å². The van der Waals surface area contributed by atoms with Crippen LogP contribution in [0.5, 0.6) is 11.5 Å². The lowest BCUT2D eigenvalue weighted by molar-refractivity contribution is 0.362. The highest BCUT2D eigenvalue weighted by Crippen LogP contribution is 2.49. The fraction of sp³-hybridized carbons (Fsp3) is 0.111. The molecule has 0 aliphatic carbocycles. The third-order valence-corrected chi connectivity index (χ3v) is 3.20. The molecule has 1 rings (SSSR count). The van der Waals surface area contributed by atoms with E-state index in [1.54, 1.807) is 0 Å². The lowest BCUT2D eigenvalue weighted by Crippen LogP contribution is -1.95. The Labute approximate surface area is 107 Å². The van der Waals surface area contributed by atoms with Gasteiger partial charge in [-0.2, -0.15) is 0 Å². The Morgan fingerprint density at radius 1 is 1.07 bits per heavy atom. The average molecular weight is 288 g/mol. The molecule has 0 radical (unpaired) electrons. The van der Waals surface area contributed by atoms with Gasteiger partial charge in [0.2, 0.25) is 0 Å². The molecule has 0 heterocycles. The van der Waals surface area contributed by atoms with E-state index in [0.29, 0.717) is 0 Å². The molecule has 0 amide bonds. The second-order valence-corrected chi connectivity index (χ2v) is 4.05. The van der Waals surface area contributed by atoms with Gasteiger partial charge in [-0.05, 0) is 0 Å².